The van der Waals surface area contributed by atoms with E-state index in [2.05, 4.69) is 5.32 Å². The molecule has 3 heteroatoms. The van der Waals surface area contributed by atoms with Crippen molar-refractivity contribution in [3.63, 3.8) is 0 Å². The van der Waals surface area contributed by atoms with E-state index in [-0.39, 0.29) is 11.8 Å². The van der Waals surface area contributed by atoms with E-state index in [1.807, 2.05) is 13.8 Å². The van der Waals surface area contributed by atoms with Crippen molar-refractivity contribution >= 4 is 5.91 Å². The highest BCUT2D eigenvalue weighted by molar-refractivity contribution is 5.78. The Morgan fingerprint density at radius 1 is 1.43 bits per heavy atom. The van der Waals surface area contributed by atoms with E-state index < -0.39 is 0 Å². The summed E-state index contributed by atoms with van der Waals surface area (Å²) < 4.78 is 5.33. The first kappa shape index (κ1) is 9.97. The van der Waals surface area contributed by atoms with Gasteiger partial charge in [0.2, 0.25) is 5.91 Å². The summed E-state index contributed by atoms with van der Waals surface area (Å²) in [7, 11) is 0. The van der Waals surface area contributed by atoms with E-state index >= 15 is 0 Å². The molecule has 1 spiro atoms. The van der Waals surface area contributed by atoms with Crippen LogP contribution in [0.5, 0.6) is 0 Å². The van der Waals surface area contributed by atoms with Gasteiger partial charge in [-0.05, 0) is 24.7 Å². The smallest absolute Gasteiger partial charge is 0.222 e. The topological polar surface area (TPSA) is 38.3 Å². The summed E-state index contributed by atoms with van der Waals surface area (Å²) in [6.07, 6.45) is 3.40. The van der Waals surface area contributed by atoms with Gasteiger partial charge in [0.15, 0.2) is 0 Å². The van der Waals surface area contributed by atoms with Crippen molar-refractivity contribution in [3.8, 4) is 0 Å². The van der Waals surface area contributed by atoms with Crippen LogP contribution < -0.4 is 5.32 Å². The van der Waals surface area contributed by atoms with Gasteiger partial charge in [-0.25, -0.2) is 0 Å². The number of hydrogen-bond donors (Lipinski definition) is 1. The Morgan fingerprint density at radius 2 is 2.07 bits per heavy atom. The van der Waals surface area contributed by atoms with Gasteiger partial charge in [-0.15, -0.1) is 0 Å². The van der Waals surface area contributed by atoms with Gasteiger partial charge in [-0.1, -0.05) is 13.8 Å². The lowest BCUT2D eigenvalue weighted by atomic mass is 9.96. The molecule has 2 aliphatic rings. The van der Waals surface area contributed by atoms with Crippen LogP contribution in [0.3, 0.4) is 0 Å². The van der Waals surface area contributed by atoms with E-state index in [1.54, 1.807) is 0 Å². The highest BCUT2D eigenvalue weighted by atomic mass is 16.5. The summed E-state index contributed by atoms with van der Waals surface area (Å²) in [5.74, 6) is 0.297. The zero-order valence-corrected chi connectivity index (χ0v) is 9.01. The van der Waals surface area contributed by atoms with Crippen LogP contribution in [-0.4, -0.2) is 25.2 Å². The maximum Gasteiger partial charge on any atom is 0.222 e. The predicted octanol–water partition coefficient (Wildman–Crippen LogP) is 1.33. The van der Waals surface area contributed by atoms with E-state index in [0.717, 1.165) is 32.5 Å². The lowest BCUT2D eigenvalue weighted by Gasteiger charge is -2.23. The second kappa shape index (κ2) is 3.54. The maximum atomic E-state index is 11.5. The summed E-state index contributed by atoms with van der Waals surface area (Å²) in [5.41, 5.74) is 0.406. The lowest BCUT2D eigenvalue weighted by Crippen LogP contribution is -2.34. The molecule has 1 aliphatic heterocycles. The Hall–Kier alpha value is -0.570. The molecule has 1 unspecified atom stereocenters. The minimum Gasteiger partial charge on any atom is -0.381 e. The van der Waals surface area contributed by atoms with Crippen LogP contribution in [0.15, 0.2) is 0 Å². The molecule has 1 amide bonds. The largest absolute Gasteiger partial charge is 0.381 e. The van der Waals surface area contributed by atoms with Gasteiger partial charge >= 0.3 is 0 Å². The van der Waals surface area contributed by atoms with Crippen LogP contribution in [0.4, 0.5) is 0 Å². The highest BCUT2D eigenvalue weighted by Gasteiger charge is 2.54. The average Bonchev–Trinajstić information content (AvgIpc) is 2.79. The highest BCUT2D eigenvalue weighted by Crippen LogP contribution is 2.53. The molecule has 3 nitrogen and oxygen atoms in total. The van der Waals surface area contributed by atoms with Gasteiger partial charge in [0.05, 0.1) is 0 Å². The van der Waals surface area contributed by atoms with Gasteiger partial charge in [-0.3, -0.25) is 4.79 Å². The minimum atomic E-state index is 0.104. The Bertz CT molecular complexity index is 231. The second-order valence-corrected chi connectivity index (χ2v) is 4.89. The van der Waals surface area contributed by atoms with Crippen LogP contribution in [0.25, 0.3) is 0 Å². The summed E-state index contributed by atoms with van der Waals surface area (Å²) in [4.78, 5) is 11.5. The van der Waals surface area contributed by atoms with Crippen molar-refractivity contribution in [2.75, 3.05) is 13.2 Å². The molecule has 80 valence electrons. The minimum absolute atomic E-state index is 0.104. The van der Waals surface area contributed by atoms with Crippen molar-refractivity contribution in [1.82, 2.24) is 5.32 Å². The van der Waals surface area contributed by atoms with Gasteiger partial charge < -0.3 is 10.1 Å². The fraction of sp³-hybridized carbons (Fsp3) is 0.909. The number of rotatable bonds is 2. The molecule has 1 atom stereocenters. The number of nitrogens with one attached hydrogen (secondary N) is 1. The van der Waals surface area contributed by atoms with Crippen LogP contribution >= 0.6 is 0 Å². The Morgan fingerprint density at radius 3 is 2.64 bits per heavy atom. The van der Waals surface area contributed by atoms with Crippen LogP contribution in [0, 0.1) is 11.3 Å². The number of ether oxygens (including phenoxy) is 1. The first-order valence-corrected chi connectivity index (χ1v) is 5.52. The summed E-state index contributed by atoms with van der Waals surface area (Å²) in [6.45, 7) is 5.62. The SMILES string of the molecule is CC(C)C(=O)NC1CC12CCOCC2. The molecular formula is C11H19NO2. The normalized spacial score (nSPS) is 29.2. The van der Waals surface area contributed by atoms with Crippen molar-refractivity contribution in [3.05, 3.63) is 0 Å². The third kappa shape index (κ3) is 1.78. The predicted molar refractivity (Wildman–Crippen MR) is 53.9 cm³/mol. The van der Waals surface area contributed by atoms with Crippen molar-refractivity contribution < 1.29 is 9.53 Å². The Balaban J connectivity index is 1.83. The molecule has 0 aromatic heterocycles. The fourth-order valence-corrected chi connectivity index (χ4v) is 2.22. The van der Waals surface area contributed by atoms with Crippen LogP contribution in [-0.2, 0) is 9.53 Å². The third-order valence-electron chi connectivity index (χ3n) is 3.52. The van der Waals surface area contributed by atoms with Crippen molar-refractivity contribution in [2.45, 2.75) is 39.2 Å². The summed E-state index contributed by atoms with van der Waals surface area (Å²) >= 11 is 0. The van der Waals surface area contributed by atoms with Crippen molar-refractivity contribution in [1.29, 1.82) is 0 Å². The quantitative estimate of drug-likeness (QED) is 0.725. The standard InChI is InChI=1S/C11H19NO2/c1-8(2)10(13)12-9-7-11(9)3-5-14-6-4-11/h8-9H,3-7H2,1-2H3,(H,12,13). The third-order valence-corrected chi connectivity index (χ3v) is 3.52. The Kier molecular flexibility index (Phi) is 2.52. The number of carbonyl (C=O) groups excluding carboxylic acids is 1. The molecule has 1 saturated carbocycles. The molecule has 14 heavy (non-hydrogen) atoms. The first-order valence-electron chi connectivity index (χ1n) is 5.52. The molecule has 1 aliphatic carbocycles. The van der Waals surface area contributed by atoms with E-state index in [1.165, 1.54) is 0 Å². The van der Waals surface area contributed by atoms with Crippen LogP contribution in [0.1, 0.15) is 33.1 Å². The van der Waals surface area contributed by atoms with Gasteiger partial charge in [0.1, 0.15) is 0 Å². The second-order valence-electron chi connectivity index (χ2n) is 4.89. The first-order chi connectivity index (χ1) is 6.64. The lowest BCUT2D eigenvalue weighted by molar-refractivity contribution is -0.124. The van der Waals surface area contributed by atoms with E-state index in [9.17, 15) is 4.79 Å². The molecule has 2 fully saturated rings. The molecule has 0 aromatic carbocycles. The average molecular weight is 197 g/mol. The summed E-state index contributed by atoms with van der Waals surface area (Å²) in [5, 5.41) is 3.12. The summed E-state index contributed by atoms with van der Waals surface area (Å²) in [6, 6.07) is 0.432. The number of carbonyl (C=O) groups is 1. The zero-order valence-electron chi connectivity index (χ0n) is 9.01. The molecule has 0 bridgehead atoms. The van der Waals surface area contributed by atoms with Gasteiger partial charge in [0, 0.05) is 25.2 Å². The molecule has 1 saturated heterocycles. The molecule has 0 aromatic rings. The van der Waals surface area contributed by atoms with E-state index in [0.29, 0.717) is 11.5 Å². The molecule has 0 radical (unpaired) electrons. The molecule has 1 N–H and O–H groups in total. The molecule has 1 heterocycles. The number of amides is 1. The Labute approximate surface area is 85.2 Å². The van der Waals surface area contributed by atoms with Crippen LogP contribution in [0.2, 0.25) is 0 Å². The van der Waals surface area contributed by atoms with E-state index in [4.69, 9.17) is 4.74 Å². The number of hydrogen-bond acceptors (Lipinski definition) is 2. The fourth-order valence-electron chi connectivity index (χ4n) is 2.22. The monoisotopic (exact) mass is 197 g/mol. The molecule has 2 rings (SSSR count). The maximum absolute atomic E-state index is 11.5. The van der Waals surface area contributed by atoms with Gasteiger partial charge in [0.25, 0.3) is 0 Å². The zero-order chi connectivity index (χ0) is 10.2. The van der Waals surface area contributed by atoms with Crippen molar-refractivity contribution in [2.24, 2.45) is 11.3 Å². The van der Waals surface area contributed by atoms with Gasteiger partial charge in [-0.2, -0.15) is 0 Å². The molecular weight excluding hydrogens is 178 g/mol.